The quantitative estimate of drug-likeness (QED) is 0.756. The van der Waals surface area contributed by atoms with E-state index in [9.17, 15) is 9.90 Å². The van der Waals surface area contributed by atoms with Crippen molar-refractivity contribution in [3.05, 3.63) is 52.6 Å². The van der Waals surface area contributed by atoms with Gasteiger partial charge >= 0.3 is 0 Å². The first-order valence-electron chi connectivity index (χ1n) is 8.28. The molecule has 1 atom stereocenters. The van der Waals surface area contributed by atoms with Crippen molar-refractivity contribution in [3.8, 4) is 11.4 Å². The van der Waals surface area contributed by atoms with E-state index in [0.29, 0.717) is 17.3 Å². The highest BCUT2D eigenvalue weighted by molar-refractivity contribution is 5.84. The molecule has 0 saturated carbocycles. The van der Waals surface area contributed by atoms with E-state index in [2.05, 4.69) is 23.8 Å². The van der Waals surface area contributed by atoms with E-state index in [1.54, 1.807) is 6.20 Å². The number of aliphatic hydroxyl groups excluding tert-OH is 1. The highest BCUT2D eigenvalue weighted by Crippen LogP contribution is 2.25. The number of rotatable bonds is 5. The van der Waals surface area contributed by atoms with Gasteiger partial charge in [0.05, 0.1) is 23.7 Å². The Bertz CT molecular complexity index is 908. The molecule has 0 fully saturated rings. The van der Waals surface area contributed by atoms with Gasteiger partial charge in [-0.05, 0) is 36.3 Å². The molecule has 5 heteroatoms. The van der Waals surface area contributed by atoms with Gasteiger partial charge in [-0.3, -0.25) is 4.79 Å². The fourth-order valence-corrected chi connectivity index (χ4v) is 3.19. The molecule has 0 amide bonds. The Kier molecular flexibility index (Phi) is 4.53. The Morgan fingerprint density at radius 3 is 2.83 bits per heavy atom. The third-order valence-electron chi connectivity index (χ3n) is 4.35. The van der Waals surface area contributed by atoms with Crippen LogP contribution in [0.1, 0.15) is 31.9 Å². The molecule has 126 valence electrons. The van der Waals surface area contributed by atoms with E-state index in [1.165, 1.54) is 0 Å². The summed E-state index contributed by atoms with van der Waals surface area (Å²) in [6.07, 6.45) is 4.33. The van der Waals surface area contributed by atoms with Crippen LogP contribution in [0.25, 0.3) is 22.3 Å². The summed E-state index contributed by atoms with van der Waals surface area (Å²) in [6, 6.07) is 7.72. The first-order chi connectivity index (χ1) is 11.5. The molecule has 2 heterocycles. The van der Waals surface area contributed by atoms with Crippen molar-refractivity contribution in [2.24, 2.45) is 5.92 Å². The van der Waals surface area contributed by atoms with Crippen molar-refractivity contribution in [1.82, 2.24) is 14.5 Å². The zero-order valence-electron chi connectivity index (χ0n) is 14.3. The molecule has 0 bridgehead atoms. The van der Waals surface area contributed by atoms with Crippen molar-refractivity contribution < 1.29 is 5.11 Å². The molecule has 0 aliphatic carbocycles. The van der Waals surface area contributed by atoms with Gasteiger partial charge in [0.15, 0.2) is 0 Å². The van der Waals surface area contributed by atoms with Gasteiger partial charge in [-0.1, -0.05) is 32.0 Å². The van der Waals surface area contributed by atoms with Crippen LogP contribution in [0, 0.1) is 12.8 Å². The molecule has 5 nitrogen and oxygen atoms in total. The van der Waals surface area contributed by atoms with Crippen LogP contribution in [0.2, 0.25) is 0 Å². The number of aliphatic hydroxyl groups is 1. The molecule has 0 aliphatic heterocycles. The second-order valence-electron chi connectivity index (χ2n) is 6.68. The summed E-state index contributed by atoms with van der Waals surface area (Å²) in [6.45, 7) is 6.23. The van der Waals surface area contributed by atoms with Crippen LogP contribution >= 0.6 is 0 Å². The minimum atomic E-state index is -0.162. The van der Waals surface area contributed by atoms with Crippen molar-refractivity contribution >= 4 is 10.9 Å². The van der Waals surface area contributed by atoms with E-state index in [4.69, 9.17) is 0 Å². The molecule has 0 aliphatic rings. The Morgan fingerprint density at radius 2 is 2.12 bits per heavy atom. The summed E-state index contributed by atoms with van der Waals surface area (Å²) in [4.78, 5) is 20.0. The van der Waals surface area contributed by atoms with Crippen molar-refractivity contribution in [1.29, 1.82) is 0 Å². The number of nitrogens with one attached hydrogen (secondary N) is 1. The second kappa shape index (κ2) is 6.61. The van der Waals surface area contributed by atoms with Gasteiger partial charge in [0, 0.05) is 12.4 Å². The molecule has 3 rings (SSSR count). The van der Waals surface area contributed by atoms with Crippen LogP contribution in [0.3, 0.4) is 0 Å². The van der Waals surface area contributed by atoms with Crippen LogP contribution in [-0.2, 0) is 0 Å². The minimum absolute atomic E-state index is 0.0200. The highest BCUT2D eigenvalue weighted by Gasteiger charge is 2.18. The summed E-state index contributed by atoms with van der Waals surface area (Å²) in [5.74, 6) is 1.04. The van der Waals surface area contributed by atoms with E-state index < -0.39 is 0 Å². The molecular weight excluding hydrogens is 302 g/mol. The van der Waals surface area contributed by atoms with Crippen LogP contribution < -0.4 is 5.56 Å². The maximum atomic E-state index is 12.6. The lowest BCUT2D eigenvalue weighted by molar-refractivity contribution is 0.209. The van der Waals surface area contributed by atoms with Crippen LogP contribution in [0.15, 0.2) is 41.5 Å². The standard InChI is InChI=1S/C19H23N3O2/c1-12(2)9-15(11-23)22-8-7-20-18(22)16-10-14-6-4-5-13(3)17(14)21-19(16)24/h4-8,10,12,15,23H,9,11H2,1-3H3,(H,21,24)/t15-/m0/s1. The SMILES string of the molecule is Cc1cccc2cc(-c3nccn3[C@H](CO)CC(C)C)c(=O)[nH]c12. The molecular formula is C19H23N3O2. The molecule has 3 aromatic rings. The Morgan fingerprint density at radius 1 is 1.33 bits per heavy atom. The largest absolute Gasteiger partial charge is 0.394 e. The summed E-state index contributed by atoms with van der Waals surface area (Å²) in [7, 11) is 0. The van der Waals surface area contributed by atoms with Gasteiger partial charge in [-0.15, -0.1) is 0 Å². The first-order valence-corrected chi connectivity index (χ1v) is 8.28. The number of fused-ring (bicyclic) bond motifs is 1. The number of H-pyrrole nitrogens is 1. The number of hydrogen-bond acceptors (Lipinski definition) is 3. The Labute approximate surface area is 141 Å². The lowest BCUT2D eigenvalue weighted by atomic mass is 10.0. The summed E-state index contributed by atoms with van der Waals surface area (Å²) >= 11 is 0. The van der Waals surface area contributed by atoms with E-state index in [-0.39, 0.29) is 18.2 Å². The first kappa shape index (κ1) is 16.5. The molecule has 2 aromatic heterocycles. The monoisotopic (exact) mass is 325 g/mol. The highest BCUT2D eigenvalue weighted by atomic mass is 16.3. The molecule has 24 heavy (non-hydrogen) atoms. The Balaban J connectivity index is 2.14. The zero-order chi connectivity index (χ0) is 17.3. The summed E-state index contributed by atoms with van der Waals surface area (Å²) in [5, 5.41) is 10.7. The Hall–Kier alpha value is -2.40. The van der Waals surface area contributed by atoms with Crippen LogP contribution in [0.4, 0.5) is 0 Å². The number of aromatic amines is 1. The number of nitrogens with zero attached hydrogens (tertiary/aromatic N) is 2. The molecule has 0 spiro atoms. The average Bonchev–Trinajstić information content (AvgIpc) is 3.02. The number of pyridine rings is 1. The number of para-hydroxylation sites is 1. The molecule has 1 aromatic carbocycles. The topological polar surface area (TPSA) is 70.9 Å². The fourth-order valence-electron chi connectivity index (χ4n) is 3.19. The van der Waals surface area contributed by atoms with Crippen LogP contribution in [-0.4, -0.2) is 26.2 Å². The molecule has 0 unspecified atom stereocenters. The van der Waals surface area contributed by atoms with Gasteiger partial charge < -0.3 is 14.7 Å². The minimum Gasteiger partial charge on any atom is -0.394 e. The number of hydrogen-bond donors (Lipinski definition) is 2. The maximum Gasteiger partial charge on any atom is 0.259 e. The normalized spacial score (nSPS) is 12.9. The predicted octanol–water partition coefficient (Wildman–Crippen LogP) is 3.28. The summed E-state index contributed by atoms with van der Waals surface area (Å²) < 4.78 is 1.91. The number of aromatic nitrogens is 3. The predicted molar refractivity (Wildman–Crippen MR) is 96.1 cm³/mol. The molecule has 2 N–H and O–H groups in total. The molecule has 0 radical (unpaired) electrons. The average molecular weight is 325 g/mol. The lowest BCUT2D eigenvalue weighted by Gasteiger charge is -2.20. The number of aryl methyl sites for hydroxylation is 1. The van der Waals surface area contributed by atoms with E-state index in [1.807, 2.05) is 42.0 Å². The van der Waals surface area contributed by atoms with Crippen molar-refractivity contribution in [2.75, 3.05) is 6.61 Å². The van der Waals surface area contributed by atoms with Gasteiger partial charge in [-0.25, -0.2) is 4.98 Å². The third-order valence-corrected chi connectivity index (χ3v) is 4.35. The number of imidazole rings is 1. The van der Waals surface area contributed by atoms with Crippen molar-refractivity contribution in [3.63, 3.8) is 0 Å². The van der Waals surface area contributed by atoms with Gasteiger partial charge in [0.2, 0.25) is 0 Å². The van der Waals surface area contributed by atoms with E-state index in [0.717, 1.165) is 22.9 Å². The van der Waals surface area contributed by atoms with Gasteiger partial charge in [-0.2, -0.15) is 0 Å². The zero-order valence-corrected chi connectivity index (χ0v) is 14.3. The fraction of sp³-hybridized carbons (Fsp3) is 0.368. The number of benzene rings is 1. The second-order valence-corrected chi connectivity index (χ2v) is 6.68. The maximum absolute atomic E-state index is 12.6. The van der Waals surface area contributed by atoms with Crippen molar-refractivity contribution in [2.45, 2.75) is 33.2 Å². The van der Waals surface area contributed by atoms with Gasteiger partial charge in [0.25, 0.3) is 5.56 Å². The summed E-state index contributed by atoms with van der Waals surface area (Å²) in [5.41, 5.74) is 2.25. The third kappa shape index (κ3) is 2.99. The smallest absolute Gasteiger partial charge is 0.259 e. The molecule has 0 saturated heterocycles. The van der Waals surface area contributed by atoms with Gasteiger partial charge in [0.1, 0.15) is 5.82 Å². The van der Waals surface area contributed by atoms with E-state index >= 15 is 0 Å². The lowest BCUT2D eigenvalue weighted by Crippen LogP contribution is -2.19. The van der Waals surface area contributed by atoms with Crippen LogP contribution in [0.5, 0.6) is 0 Å².